The van der Waals surface area contributed by atoms with Crippen LogP contribution in [-0.2, 0) is 4.74 Å². The molecule has 1 saturated heterocycles. The summed E-state index contributed by atoms with van der Waals surface area (Å²) >= 11 is 0. The van der Waals surface area contributed by atoms with Gasteiger partial charge in [0.2, 0.25) is 0 Å². The third kappa shape index (κ3) is 1.32. The van der Waals surface area contributed by atoms with Crippen molar-refractivity contribution < 1.29 is 4.74 Å². The molecule has 1 saturated carbocycles. The Kier molecular flexibility index (Phi) is 1.66. The van der Waals surface area contributed by atoms with Crippen LogP contribution >= 0.6 is 0 Å². The third-order valence-corrected chi connectivity index (χ3v) is 2.41. The van der Waals surface area contributed by atoms with Crippen molar-refractivity contribution in [1.29, 1.82) is 0 Å². The molecule has 0 aromatic carbocycles. The number of nitrogens with one attached hydrogen (secondary N) is 1. The van der Waals surface area contributed by atoms with Gasteiger partial charge in [0, 0.05) is 13.2 Å². The predicted octanol–water partition coefficient (Wildman–Crippen LogP) is 0.919. The van der Waals surface area contributed by atoms with Gasteiger partial charge < -0.3 is 10.1 Å². The maximum atomic E-state index is 5.72. The van der Waals surface area contributed by atoms with E-state index in [1.165, 1.54) is 32.2 Å². The van der Waals surface area contributed by atoms with Crippen molar-refractivity contribution in [3.8, 4) is 0 Å². The minimum atomic E-state index is 0.292. The van der Waals surface area contributed by atoms with Gasteiger partial charge in [0.25, 0.3) is 0 Å². The highest BCUT2D eigenvalue weighted by molar-refractivity contribution is 4.98. The molecule has 0 aromatic rings. The fourth-order valence-corrected chi connectivity index (χ4v) is 1.47. The highest BCUT2D eigenvalue weighted by Crippen LogP contribution is 2.39. The molecule has 0 atom stereocenters. The second-order valence-corrected chi connectivity index (χ2v) is 3.42. The summed E-state index contributed by atoms with van der Waals surface area (Å²) in [7, 11) is 0. The van der Waals surface area contributed by atoms with E-state index in [-0.39, 0.29) is 0 Å². The molecule has 2 aliphatic rings. The molecule has 2 fully saturated rings. The zero-order chi connectivity index (χ0) is 6.86. The Labute approximate surface area is 61.9 Å². The van der Waals surface area contributed by atoms with Gasteiger partial charge >= 0.3 is 0 Å². The molecule has 1 heterocycles. The van der Waals surface area contributed by atoms with Crippen LogP contribution < -0.4 is 5.32 Å². The van der Waals surface area contributed by atoms with Crippen molar-refractivity contribution in [3.05, 3.63) is 0 Å². The first kappa shape index (κ1) is 6.62. The van der Waals surface area contributed by atoms with Gasteiger partial charge in [-0.15, -0.1) is 0 Å². The summed E-state index contributed by atoms with van der Waals surface area (Å²) < 4.78 is 5.72. The van der Waals surface area contributed by atoms with E-state index in [9.17, 15) is 0 Å². The lowest BCUT2D eigenvalue weighted by molar-refractivity contribution is 0.0240. The molecule has 0 bridgehead atoms. The predicted molar refractivity (Wildman–Crippen MR) is 40.0 cm³/mol. The van der Waals surface area contributed by atoms with Crippen LogP contribution in [0.4, 0.5) is 0 Å². The number of hydrogen-bond acceptors (Lipinski definition) is 2. The van der Waals surface area contributed by atoms with Gasteiger partial charge in [-0.1, -0.05) is 0 Å². The Bertz CT molecular complexity index is 110. The van der Waals surface area contributed by atoms with Crippen LogP contribution in [0, 0.1) is 0 Å². The van der Waals surface area contributed by atoms with Crippen LogP contribution in [0.3, 0.4) is 0 Å². The molecule has 0 radical (unpaired) electrons. The molecular weight excluding hydrogens is 126 g/mol. The number of rotatable bonds is 0. The maximum Gasteiger partial charge on any atom is 0.0808 e. The third-order valence-electron chi connectivity index (χ3n) is 2.41. The Balaban J connectivity index is 1.84. The summed E-state index contributed by atoms with van der Waals surface area (Å²) in [5, 5.41) is 3.42. The van der Waals surface area contributed by atoms with Crippen LogP contribution in [-0.4, -0.2) is 25.3 Å². The van der Waals surface area contributed by atoms with Crippen LogP contribution in [0.5, 0.6) is 0 Å². The standard InChI is InChI=1S/C8H15NO/c1-2-6-10-8(3-4-8)7-9-5-1/h9H,1-7H2. The van der Waals surface area contributed by atoms with E-state index >= 15 is 0 Å². The molecule has 0 amide bonds. The first-order valence-corrected chi connectivity index (χ1v) is 4.26. The molecule has 2 nitrogen and oxygen atoms in total. The smallest absolute Gasteiger partial charge is 0.0808 e. The van der Waals surface area contributed by atoms with Gasteiger partial charge in [-0.3, -0.25) is 0 Å². The van der Waals surface area contributed by atoms with Crippen LogP contribution in [0.15, 0.2) is 0 Å². The summed E-state index contributed by atoms with van der Waals surface area (Å²) in [5.74, 6) is 0. The van der Waals surface area contributed by atoms with Gasteiger partial charge in [0.1, 0.15) is 0 Å². The molecule has 0 unspecified atom stereocenters. The molecule has 2 heteroatoms. The van der Waals surface area contributed by atoms with Crippen molar-refractivity contribution in [2.45, 2.75) is 31.3 Å². The summed E-state index contributed by atoms with van der Waals surface area (Å²) in [6.45, 7) is 3.26. The molecule has 58 valence electrons. The number of hydrogen-bond donors (Lipinski definition) is 1. The lowest BCUT2D eigenvalue weighted by atomic mass is 10.2. The lowest BCUT2D eigenvalue weighted by Gasteiger charge is -2.20. The van der Waals surface area contributed by atoms with E-state index in [1.54, 1.807) is 0 Å². The van der Waals surface area contributed by atoms with Crippen LogP contribution in [0.1, 0.15) is 25.7 Å². The minimum absolute atomic E-state index is 0.292. The van der Waals surface area contributed by atoms with E-state index in [4.69, 9.17) is 4.74 Å². The van der Waals surface area contributed by atoms with Gasteiger partial charge in [-0.05, 0) is 32.2 Å². The molecule has 0 aromatic heterocycles. The van der Waals surface area contributed by atoms with Gasteiger partial charge in [-0.2, -0.15) is 0 Å². The highest BCUT2D eigenvalue weighted by Gasteiger charge is 2.43. The van der Waals surface area contributed by atoms with Gasteiger partial charge in [0.15, 0.2) is 0 Å². The van der Waals surface area contributed by atoms with E-state index < -0.39 is 0 Å². The first-order chi connectivity index (χ1) is 4.91. The second-order valence-electron chi connectivity index (χ2n) is 3.42. The Morgan fingerprint density at radius 1 is 1.20 bits per heavy atom. The van der Waals surface area contributed by atoms with Crippen LogP contribution in [0.25, 0.3) is 0 Å². The molecule has 2 rings (SSSR count). The largest absolute Gasteiger partial charge is 0.374 e. The summed E-state index contributed by atoms with van der Waals surface area (Å²) in [5.41, 5.74) is 0.292. The Morgan fingerprint density at radius 2 is 2.10 bits per heavy atom. The van der Waals surface area contributed by atoms with Gasteiger partial charge in [0.05, 0.1) is 5.60 Å². The van der Waals surface area contributed by atoms with Crippen molar-refractivity contribution in [2.75, 3.05) is 19.7 Å². The topological polar surface area (TPSA) is 21.3 Å². The van der Waals surface area contributed by atoms with E-state index in [0.29, 0.717) is 5.60 Å². The van der Waals surface area contributed by atoms with E-state index in [0.717, 1.165) is 13.2 Å². The van der Waals surface area contributed by atoms with Crippen molar-refractivity contribution >= 4 is 0 Å². The second kappa shape index (κ2) is 2.51. The zero-order valence-corrected chi connectivity index (χ0v) is 6.36. The van der Waals surface area contributed by atoms with E-state index in [2.05, 4.69) is 5.32 Å². The average molecular weight is 141 g/mol. The highest BCUT2D eigenvalue weighted by atomic mass is 16.5. The molecule has 1 spiro atoms. The molecule has 1 N–H and O–H groups in total. The molecule has 1 aliphatic heterocycles. The first-order valence-electron chi connectivity index (χ1n) is 4.26. The summed E-state index contributed by atoms with van der Waals surface area (Å²) in [6, 6.07) is 0. The Morgan fingerprint density at radius 3 is 2.90 bits per heavy atom. The molecule has 10 heavy (non-hydrogen) atoms. The number of ether oxygens (including phenoxy) is 1. The Hall–Kier alpha value is -0.0800. The SMILES string of the molecule is C1CCOC2(CC2)CNC1. The average Bonchev–Trinajstić information content (AvgIpc) is 2.61. The summed E-state index contributed by atoms with van der Waals surface area (Å²) in [6.07, 6.45) is 5.06. The van der Waals surface area contributed by atoms with Gasteiger partial charge in [-0.25, -0.2) is 0 Å². The normalized spacial score (nSPS) is 31.2. The van der Waals surface area contributed by atoms with Crippen LogP contribution in [0.2, 0.25) is 0 Å². The van der Waals surface area contributed by atoms with Crippen molar-refractivity contribution in [3.63, 3.8) is 0 Å². The fourth-order valence-electron chi connectivity index (χ4n) is 1.47. The van der Waals surface area contributed by atoms with E-state index in [1.807, 2.05) is 0 Å². The maximum absolute atomic E-state index is 5.72. The fraction of sp³-hybridized carbons (Fsp3) is 1.00. The van der Waals surface area contributed by atoms with Crippen molar-refractivity contribution in [1.82, 2.24) is 5.32 Å². The van der Waals surface area contributed by atoms with Crippen molar-refractivity contribution in [2.24, 2.45) is 0 Å². The monoisotopic (exact) mass is 141 g/mol. The zero-order valence-electron chi connectivity index (χ0n) is 6.36. The quantitative estimate of drug-likeness (QED) is 0.541. The molecule has 1 aliphatic carbocycles. The minimum Gasteiger partial charge on any atom is -0.374 e. The summed E-state index contributed by atoms with van der Waals surface area (Å²) in [4.78, 5) is 0. The lowest BCUT2D eigenvalue weighted by Crippen LogP contribution is -2.34. The molecular formula is C8H15NO.